The summed E-state index contributed by atoms with van der Waals surface area (Å²) < 4.78 is -0.765. The van der Waals surface area contributed by atoms with Crippen molar-refractivity contribution in [1.82, 2.24) is 25.9 Å². The summed E-state index contributed by atoms with van der Waals surface area (Å²) in [4.78, 5) is 55.3. The van der Waals surface area contributed by atoms with Gasteiger partial charge >= 0.3 is 12.0 Å². The largest absolute Gasteiger partial charge is 0.504 e. The minimum Gasteiger partial charge on any atom is -0.504 e. The molecule has 0 saturated carbocycles. The van der Waals surface area contributed by atoms with Crippen LogP contribution in [0.5, 0.6) is 11.5 Å². The number of halogens is 1. The Labute approximate surface area is 230 Å². The standard InChI is InChI=1S/C21H23N7O7S2.ClH/c1-21(2)14(18(33)34)28-16(32)13(17(28)37-21)25-15(31)12(9-7-36-19(22)24-9)26-20(35)27-23-6-8-3-4-10(29)11(30)5-8;/h3-7,12-14,17,29-30H,1-2H3,(H2,22,24)(H,25,31)(H,33,34)(H2,26,27,35);1H/t12?,13-,14+,17-;/m1./s1. The lowest BCUT2D eigenvalue weighted by atomic mass is 9.96. The Bertz CT molecular complexity index is 1300. The number of fused-ring (bicyclic) bond motifs is 1. The number of urea groups is 1. The fourth-order valence-corrected chi connectivity index (χ4v) is 6.25. The lowest BCUT2D eigenvalue weighted by Gasteiger charge is -2.43. The van der Waals surface area contributed by atoms with Gasteiger partial charge in [0.15, 0.2) is 22.7 Å². The number of hydrogen-bond donors (Lipinski definition) is 7. The molecule has 17 heteroatoms. The highest BCUT2D eigenvalue weighted by molar-refractivity contribution is 8.01. The molecule has 14 nitrogen and oxygen atoms in total. The lowest BCUT2D eigenvalue weighted by molar-refractivity contribution is -0.161. The molecule has 2 saturated heterocycles. The number of aliphatic carboxylic acids is 1. The topological polar surface area (TPSA) is 220 Å². The van der Waals surface area contributed by atoms with Gasteiger partial charge in [0.2, 0.25) is 11.8 Å². The maximum atomic E-state index is 13.2. The number of hydrazone groups is 1. The summed E-state index contributed by atoms with van der Waals surface area (Å²) in [5.74, 6) is -3.09. The van der Waals surface area contributed by atoms with E-state index < -0.39 is 52.1 Å². The van der Waals surface area contributed by atoms with Crippen LogP contribution in [-0.2, 0) is 14.4 Å². The fraction of sp³-hybridized carbons (Fsp3) is 0.333. The summed E-state index contributed by atoms with van der Waals surface area (Å²) in [6.07, 6.45) is 1.20. The zero-order chi connectivity index (χ0) is 27.1. The molecule has 2 aromatic rings. The van der Waals surface area contributed by atoms with Crippen molar-refractivity contribution in [3.05, 3.63) is 34.8 Å². The molecule has 3 heterocycles. The fourth-order valence-electron chi connectivity index (χ4n) is 4.04. The second-order valence-electron chi connectivity index (χ2n) is 8.72. The van der Waals surface area contributed by atoms with E-state index in [1.54, 1.807) is 13.8 Å². The number of anilines is 1. The molecule has 0 aliphatic carbocycles. The first kappa shape index (κ1) is 28.8. The van der Waals surface area contributed by atoms with Crippen molar-refractivity contribution in [3.8, 4) is 11.5 Å². The number of hydrogen-bond acceptors (Lipinski definition) is 11. The van der Waals surface area contributed by atoms with Gasteiger partial charge in [-0.05, 0) is 37.6 Å². The Morgan fingerprint density at radius 2 is 1.97 bits per heavy atom. The van der Waals surface area contributed by atoms with Crippen molar-refractivity contribution in [1.29, 1.82) is 0 Å². The van der Waals surface area contributed by atoms with Gasteiger partial charge in [0.25, 0.3) is 0 Å². The van der Waals surface area contributed by atoms with Crippen LogP contribution in [0.1, 0.15) is 31.1 Å². The number of phenolic OH excluding ortho intramolecular Hbond substituents is 2. The van der Waals surface area contributed by atoms with E-state index in [9.17, 15) is 34.5 Å². The molecular weight excluding hydrogens is 562 g/mol. The third kappa shape index (κ3) is 5.56. The van der Waals surface area contributed by atoms with Gasteiger partial charge in [-0.1, -0.05) is 0 Å². The van der Waals surface area contributed by atoms with Crippen LogP contribution in [0.25, 0.3) is 0 Å². The van der Waals surface area contributed by atoms with Gasteiger partial charge in [0.05, 0.1) is 11.9 Å². The Morgan fingerprint density at radius 3 is 2.58 bits per heavy atom. The molecule has 4 rings (SSSR count). The average Bonchev–Trinajstić information content (AvgIpc) is 3.36. The molecule has 2 aliphatic heterocycles. The molecule has 8 N–H and O–H groups in total. The molecule has 1 aromatic heterocycles. The number of thiazole rings is 1. The summed E-state index contributed by atoms with van der Waals surface area (Å²) >= 11 is 2.32. The molecule has 4 atom stereocenters. The monoisotopic (exact) mass is 585 g/mol. The van der Waals surface area contributed by atoms with Crippen molar-refractivity contribution in [2.24, 2.45) is 5.10 Å². The average molecular weight is 586 g/mol. The van der Waals surface area contributed by atoms with E-state index in [-0.39, 0.29) is 34.7 Å². The van der Waals surface area contributed by atoms with Crippen molar-refractivity contribution in [2.75, 3.05) is 5.73 Å². The van der Waals surface area contributed by atoms with E-state index in [0.717, 1.165) is 11.3 Å². The number of aromatic nitrogens is 1. The number of aromatic hydroxyl groups is 2. The number of benzene rings is 1. The summed E-state index contributed by atoms with van der Waals surface area (Å²) in [5, 5.41) is 38.3. The lowest BCUT2D eigenvalue weighted by Crippen LogP contribution is -2.71. The van der Waals surface area contributed by atoms with E-state index in [0.29, 0.717) is 5.56 Å². The first-order valence-corrected chi connectivity index (χ1v) is 12.5. The van der Waals surface area contributed by atoms with Crippen molar-refractivity contribution < 1.29 is 34.5 Å². The SMILES string of the molecule is CC1(C)S[C@@H]2[C@H](NC(=O)C(NC(=O)NN=Cc3ccc(O)c(O)c3)c3csc(N)n3)C(=O)N2[C@H]1C(=O)O.Cl. The smallest absolute Gasteiger partial charge is 0.336 e. The third-order valence-electron chi connectivity index (χ3n) is 5.72. The van der Waals surface area contributed by atoms with Gasteiger partial charge in [0.1, 0.15) is 17.5 Å². The predicted octanol–water partition coefficient (Wildman–Crippen LogP) is 0.564. The molecule has 1 unspecified atom stereocenters. The number of nitrogens with one attached hydrogen (secondary N) is 3. The predicted molar refractivity (Wildman–Crippen MR) is 141 cm³/mol. The number of nitrogens with two attached hydrogens (primary N) is 1. The number of phenols is 2. The van der Waals surface area contributed by atoms with Gasteiger partial charge in [0, 0.05) is 10.1 Å². The molecule has 204 valence electrons. The number of carboxylic acid groups (broad SMARTS) is 1. The maximum absolute atomic E-state index is 13.2. The van der Waals surface area contributed by atoms with Crippen LogP contribution >= 0.6 is 35.5 Å². The van der Waals surface area contributed by atoms with Crippen molar-refractivity contribution in [3.63, 3.8) is 0 Å². The van der Waals surface area contributed by atoms with Gasteiger partial charge in [-0.15, -0.1) is 35.5 Å². The molecule has 0 bridgehead atoms. The minimum atomic E-state index is -1.34. The number of thioether (sulfide) groups is 1. The van der Waals surface area contributed by atoms with Crippen molar-refractivity contribution in [2.45, 2.75) is 42.1 Å². The van der Waals surface area contributed by atoms with Gasteiger partial charge in [-0.25, -0.2) is 20.0 Å². The van der Waals surface area contributed by atoms with Crippen LogP contribution < -0.4 is 21.8 Å². The Kier molecular flexibility index (Phi) is 8.28. The highest BCUT2D eigenvalue weighted by atomic mass is 35.5. The number of carboxylic acids is 1. The molecule has 0 spiro atoms. The van der Waals surface area contributed by atoms with E-state index >= 15 is 0 Å². The number of carbonyl (C=O) groups is 4. The molecule has 2 fully saturated rings. The van der Waals surface area contributed by atoms with Crippen LogP contribution in [0, 0.1) is 0 Å². The maximum Gasteiger partial charge on any atom is 0.336 e. The van der Waals surface area contributed by atoms with E-state index in [4.69, 9.17) is 5.73 Å². The first-order valence-electron chi connectivity index (χ1n) is 10.7. The zero-order valence-electron chi connectivity index (χ0n) is 19.8. The Morgan fingerprint density at radius 1 is 1.26 bits per heavy atom. The summed E-state index contributed by atoms with van der Waals surface area (Å²) in [5.41, 5.74) is 8.37. The van der Waals surface area contributed by atoms with Gasteiger partial charge in [-0.2, -0.15) is 5.10 Å². The van der Waals surface area contributed by atoms with Crippen LogP contribution in [0.3, 0.4) is 0 Å². The van der Waals surface area contributed by atoms with Crippen LogP contribution in [-0.4, -0.2) is 77.4 Å². The Hall–Kier alpha value is -3.76. The van der Waals surface area contributed by atoms with Crippen LogP contribution in [0.2, 0.25) is 0 Å². The normalized spacial score (nSPS) is 22.1. The molecule has 2 aliphatic rings. The summed E-state index contributed by atoms with van der Waals surface area (Å²) in [6.45, 7) is 3.43. The number of nitrogens with zero attached hydrogens (tertiary/aromatic N) is 3. The first-order chi connectivity index (χ1) is 17.4. The van der Waals surface area contributed by atoms with Crippen LogP contribution in [0.15, 0.2) is 28.7 Å². The zero-order valence-corrected chi connectivity index (χ0v) is 22.3. The number of β-lactam (4-membered cyclic amide) rings is 1. The van der Waals surface area contributed by atoms with Gasteiger partial charge < -0.3 is 36.6 Å². The number of amides is 4. The number of carbonyl (C=O) groups excluding carboxylic acids is 3. The Balaban J connectivity index is 0.00000400. The highest BCUT2D eigenvalue weighted by Crippen LogP contribution is 2.50. The summed E-state index contributed by atoms with van der Waals surface area (Å²) in [6, 6.07) is -0.312. The second-order valence-corrected chi connectivity index (χ2v) is 11.4. The molecule has 4 amide bonds. The highest BCUT2D eigenvalue weighted by Gasteiger charge is 2.64. The van der Waals surface area contributed by atoms with E-state index in [1.165, 1.54) is 46.5 Å². The third-order valence-corrected chi connectivity index (χ3v) is 7.99. The minimum absolute atomic E-state index is 0. The summed E-state index contributed by atoms with van der Waals surface area (Å²) in [7, 11) is 0. The molecule has 1 aromatic carbocycles. The van der Waals surface area contributed by atoms with E-state index in [2.05, 4.69) is 26.1 Å². The molecular formula is C21H24ClN7O7S2. The van der Waals surface area contributed by atoms with E-state index in [1.807, 2.05) is 0 Å². The van der Waals surface area contributed by atoms with Crippen LogP contribution in [0.4, 0.5) is 9.93 Å². The number of rotatable bonds is 7. The second kappa shape index (κ2) is 10.9. The molecule has 0 radical (unpaired) electrons. The number of nitrogen functional groups attached to an aromatic ring is 1. The van der Waals surface area contributed by atoms with Gasteiger partial charge in [-0.3, -0.25) is 9.59 Å². The van der Waals surface area contributed by atoms with Crippen molar-refractivity contribution >= 4 is 70.7 Å². The quantitative estimate of drug-likeness (QED) is 0.104. The molecule has 38 heavy (non-hydrogen) atoms.